The summed E-state index contributed by atoms with van der Waals surface area (Å²) >= 11 is 0. The largest absolute Gasteiger partial charge is 0.394 e. The van der Waals surface area contributed by atoms with Crippen LogP contribution in [0, 0.1) is 0 Å². The smallest absolute Gasteiger partial charge is 0.297 e. The van der Waals surface area contributed by atoms with Crippen LogP contribution < -0.4 is 0 Å². The molecule has 25 rings (SSSR count). The van der Waals surface area contributed by atoms with E-state index < -0.39 is 301 Å². The summed E-state index contributed by atoms with van der Waals surface area (Å²) < 4.78 is 182. The lowest BCUT2D eigenvalue weighted by molar-refractivity contribution is -0.395. The molecular formula is C68H86O41S3. The van der Waals surface area contributed by atoms with E-state index in [1.54, 1.807) is 24.3 Å². The zero-order chi connectivity index (χ0) is 80.1. The molecule has 622 valence electrons. The Balaban J connectivity index is 0.875. The van der Waals surface area contributed by atoms with Crippen molar-refractivity contribution in [2.24, 2.45) is 0 Å². The molecule has 15 saturated heterocycles. The average Bonchev–Trinajstić information content (AvgIpc) is 1.62. The highest BCUT2D eigenvalue weighted by atomic mass is 32.2. The van der Waals surface area contributed by atoms with E-state index in [1.807, 2.05) is 0 Å². The molecule has 21 heterocycles. The van der Waals surface area contributed by atoms with Gasteiger partial charge in [-0.3, -0.25) is 8.37 Å². The number of benzene rings is 4. The van der Waals surface area contributed by atoms with Crippen LogP contribution in [0.5, 0.6) is 0 Å². The normalized spacial score (nSPS) is 44.2. The minimum absolute atomic E-state index is 0.00118. The van der Waals surface area contributed by atoms with E-state index in [4.69, 9.17) is 74.7 Å². The SMILES string of the molecule is O=S1(=O)O[C@H]2[C@H]3O[C@H]4[C@H](O)[C@@H](O)[C@@H](O[C@H]5[C@H](O)[C@@H](O)[C@@H](O[C@H]6[C@H](O)[C@@H](OS(=O)(=O)c7ccc(cc7)Cc7ccc8c(c7)S(=O)(=O)c7cc(ccc7-8)Cc7ccc1cc7)[C@@H](O[C@H]1[C@H](O)[C@@H](O)[C@@H](O[C@H]7[C@H](O)[C@@H](O)[C@@H](O[C@H]8[C@H](O)[C@@H](O)[C@@H](O[C@@H]([C@@H]2O)[C@@H](CO)O3)O[C@@H]8CO)O[C@@H]7CO)O[C@@H]1CO)O[C@@H]6CO)O[C@@H]5CO)O[C@@H]4CO. The molecule has 4 aromatic rings. The lowest BCUT2D eigenvalue weighted by Gasteiger charge is -2.50. The zero-order valence-electron chi connectivity index (χ0n) is 58.4. The monoisotopic (exact) mass is 1650 g/mol. The Labute approximate surface area is 636 Å². The molecule has 35 atom stereocenters. The van der Waals surface area contributed by atoms with Gasteiger partial charge in [0.2, 0.25) is 9.84 Å². The van der Waals surface area contributed by atoms with Gasteiger partial charge in [0.25, 0.3) is 20.2 Å². The highest BCUT2D eigenvalue weighted by Gasteiger charge is 2.61. The lowest BCUT2D eigenvalue weighted by atomic mass is 9.95. The fraction of sp³-hybridized carbons (Fsp3) is 0.647. The van der Waals surface area contributed by atoms with E-state index in [0.29, 0.717) is 33.4 Å². The second-order valence-corrected chi connectivity index (χ2v) is 33.5. The molecular weight excluding hydrogens is 1570 g/mol. The second-order valence-electron chi connectivity index (χ2n) is 28.5. The predicted molar refractivity (Wildman–Crippen MR) is 356 cm³/mol. The average molecular weight is 1660 g/mol. The highest BCUT2D eigenvalue weighted by Crippen LogP contribution is 2.46. The third-order valence-electron chi connectivity index (χ3n) is 21.4. The summed E-state index contributed by atoms with van der Waals surface area (Å²) in [5.74, 6) is 0. The van der Waals surface area contributed by atoms with Crippen molar-refractivity contribution in [3.05, 3.63) is 107 Å². The Hall–Kier alpha value is -4.67. The van der Waals surface area contributed by atoms with Gasteiger partial charge < -0.3 is 163 Å². The van der Waals surface area contributed by atoms with Gasteiger partial charge in [-0.2, -0.15) is 16.8 Å². The molecule has 15 fully saturated rings. The maximum absolute atomic E-state index is 14.7. The molecule has 0 aromatic heterocycles. The van der Waals surface area contributed by atoms with Crippen molar-refractivity contribution >= 4 is 30.1 Å². The van der Waals surface area contributed by atoms with Gasteiger partial charge in [-0.1, -0.05) is 48.5 Å². The fourth-order valence-electron chi connectivity index (χ4n) is 15.4. The van der Waals surface area contributed by atoms with Crippen LogP contribution in [0.1, 0.15) is 22.3 Å². The van der Waals surface area contributed by atoms with Crippen LogP contribution in [-0.2, 0) is 118 Å². The molecule has 0 amide bonds. The second kappa shape index (κ2) is 33.6. The van der Waals surface area contributed by atoms with Gasteiger partial charge >= 0.3 is 0 Å². The van der Waals surface area contributed by atoms with Crippen LogP contribution in [0.4, 0.5) is 0 Å². The molecule has 44 heteroatoms. The molecule has 21 aliphatic heterocycles. The first kappa shape index (κ1) is 83.8. The van der Waals surface area contributed by atoms with Gasteiger partial charge in [0.1, 0.15) is 159 Å². The van der Waals surface area contributed by atoms with E-state index in [-0.39, 0.29) is 22.6 Å². The molecule has 0 spiro atoms. The first-order chi connectivity index (χ1) is 53.3. The predicted octanol–water partition coefficient (Wildman–Crippen LogP) is -10.1. The quantitative estimate of drug-likeness (QED) is 0.0673. The van der Waals surface area contributed by atoms with Crippen LogP contribution in [-0.4, -0.2) is 383 Å². The van der Waals surface area contributed by atoms with Gasteiger partial charge in [-0.15, -0.1) is 0 Å². The zero-order valence-corrected chi connectivity index (χ0v) is 60.8. The standard InChI is InChI=1S/C68H86O41S3/c69-17-32-53-41(76)46(81)62(94-32)101-54-33(18-70)95-65(47(82)42(54)77)104-58-37(22-74)99-68-60(51(58)86)108-111(90,91)28-7-1-24(2-8-28)13-26-5-11-30-31-12-6-27(16-40(31)110(88,89)39(30)15-26)14-25-3-9-29(10-4-25)112(92,93)109-61-52(87)59(38(23-75)100-67(61)106-56-35(20-72)97-63(102-53)49(84)44(56)79)105-66-48(83)43(78)55(34(19-71)96-66)103-64-50(85)45(80)57(107-68)36(21-73)98-64/h1-12,15-16,32-38,41-87H,13-14,17-23H2/t32-,33-,34-,35-,36-,37-,38-,41-,42-,43-,44-,45-,46-,47-,48-,49-,50-,51+,52+,53-,54-,55-,56-,57-,58-,59-,60-,61-,62-,63-,64-,65-,66-,67-,68-/m1/s1. The van der Waals surface area contributed by atoms with Gasteiger partial charge in [-0.25, -0.2) is 8.42 Å². The summed E-state index contributed by atoms with van der Waals surface area (Å²) in [6.07, 6.45) is -78.5. The van der Waals surface area contributed by atoms with Crippen LogP contribution >= 0.6 is 0 Å². The number of aliphatic hydroxyl groups excluding tert-OH is 19. The Bertz CT molecular complexity index is 4160. The Morgan fingerprint density at radius 2 is 0.464 bits per heavy atom. The number of hydrogen-bond acceptors (Lipinski definition) is 41. The minimum atomic E-state index is -5.27. The number of ether oxygens (including phenoxy) is 14. The van der Waals surface area contributed by atoms with Crippen molar-refractivity contribution in [1.29, 1.82) is 0 Å². The van der Waals surface area contributed by atoms with Crippen molar-refractivity contribution in [2.75, 3.05) is 46.2 Å². The Kier molecular flexibility index (Phi) is 25.2. The molecule has 112 heavy (non-hydrogen) atoms. The van der Waals surface area contributed by atoms with E-state index in [9.17, 15) is 122 Å². The lowest BCUT2D eigenvalue weighted by Crippen LogP contribution is -2.68. The van der Waals surface area contributed by atoms with E-state index in [2.05, 4.69) is 0 Å². The topological polar surface area (TPSA) is 634 Å². The van der Waals surface area contributed by atoms with Crippen molar-refractivity contribution in [2.45, 2.75) is 247 Å². The Morgan fingerprint density at radius 3 is 0.705 bits per heavy atom. The van der Waals surface area contributed by atoms with Gasteiger partial charge in [0.15, 0.2) is 56.2 Å². The summed E-state index contributed by atoms with van der Waals surface area (Å²) in [5.41, 5.74) is 2.39. The maximum Gasteiger partial charge on any atom is 0.297 e. The van der Waals surface area contributed by atoms with Crippen molar-refractivity contribution in [3.63, 3.8) is 0 Å². The number of rotatable bonds is 7. The molecule has 21 aliphatic rings. The number of hydrogen-bond donors (Lipinski definition) is 19. The molecule has 24 bridgehead atoms. The van der Waals surface area contributed by atoms with Crippen LogP contribution in [0.15, 0.2) is 105 Å². The van der Waals surface area contributed by atoms with Gasteiger partial charge in [0.05, 0.1) is 65.8 Å². The van der Waals surface area contributed by atoms with Gasteiger partial charge in [-0.05, 0) is 71.5 Å². The summed E-state index contributed by atoms with van der Waals surface area (Å²) in [4.78, 5) is -1.40. The van der Waals surface area contributed by atoms with Crippen molar-refractivity contribution in [1.82, 2.24) is 0 Å². The summed E-state index contributed by atoms with van der Waals surface area (Å²) in [7, 11) is -14.8. The fourth-order valence-corrected chi connectivity index (χ4v) is 19.3. The first-order valence-corrected chi connectivity index (χ1v) is 39.8. The molecule has 0 radical (unpaired) electrons. The van der Waals surface area contributed by atoms with Crippen molar-refractivity contribution in [3.8, 4) is 11.1 Å². The molecule has 4 aromatic carbocycles. The first-order valence-electron chi connectivity index (χ1n) is 35.5. The highest BCUT2D eigenvalue weighted by molar-refractivity contribution is 7.92. The van der Waals surface area contributed by atoms with Crippen LogP contribution in [0.25, 0.3) is 11.1 Å². The van der Waals surface area contributed by atoms with Crippen LogP contribution in [0.3, 0.4) is 0 Å². The van der Waals surface area contributed by atoms with Crippen molar-refractivity contribution < 1.29 is 197 Å². The summed E-state index contributed by atoms with van der Waals surface area (Å²) in [5, 5.41) is 219. The van der Waals surface area contributed by atoms with E-state index in [0.717, 1.165) is 24.3 Å². The third kappa shape index (κ3) is 15.8. The molecule has 41 nitrogen and oxygen atoms in total. The third-order valence-corrected chi connectivity index (χ3v) is 25.9. The van der Waals surface area contributed by atoms with E-state index >= 15 is 0 Å². The van der Waals surface area contributed by atoms with Gasteiger partial charge in [0, 0.05) is 11.1 Å². The molecule has 0 aliphatic carbocycles. The van der Waals surface area contributed by atoms with E-state index in [1.165, 1.54) is 36.4 Å². The molecule has 0 saturated carbocycles. The minimum Gasteiger partial charge on any atom is -0.394 e. The number of aliphatic hydroxyl groups is 19. The maximum atomic E-state index is 14.7. The summed E-state index contributed by atoms with van der Waals surface area (Å²) in [6, 6.07) is 19.0. The van der Waals surface area contributed by atoms with Crippen LogP contribution in [0.2, 0.25) is 0 Å². The molecule has 19 N–H and O–H groups in total. The summed E-state index contributed by atoms with van der Waals surface area (Å²) in [6.45, 7) is -8.45. The number of sulfone groups is 1. The Morgan fingerprint density at radius 1 is 0.250 bits per heavy atom. The molecule has 0 unspecified atom stereocenters. The number of fused-ring (bicyclic) bond motifs is 8.